The van der Waals surface area contributed by atoms with E-state index in [9.17, 15) is 9.59 Å². The second-order valence-electron chi connectivity index (χ2n) is 3.83. The van der Waals surface area contributed by atoms with Gasteiger partial charge in [0.2, 0.25) is 0 Å². The van der Waals surface area contributed by atoms with Crippen LogP contribution in [0.5, 0.6) is 0 Å². The third kappa shape index (κ3) is 4.69. The molecule has 0 aromatic carbocycles. The second-order valence-corrected chi connectivity index (χ2v) is 4.93. The monoisotopic (exact) mass is 230 g/mol. The minimum atomic E-state index is -0.198. The van der Waals surface area contributed by atoms with Crippen LogP contribution in [0.25, 0.3) is 0 Å². The van der Waals surface area contributed by atoms with Crippen LogP contribution >= 0.6 is 11.8 Å². The van der Waals surface area contributed by atoms with E-state index in [2.05, 4.69) is 4.74 Å². The summed E-state index contributed by atoms with van der Waals surface area (Å²) in [6, 6.07) is 0. The van der Waals surface area contributed by atoms with Crippen molar-refractivity contribution >= 4 is 23.5 Å². The number of esters is 1. The number of hydrogen-bond donors (Lipinski definition) is 0. The predicted octanol–water partition coefficient (Wildman–Crippen LogP) is 2.04. The molecule has 0 atom stereocenters. The first-order valence-corrected chi connectivity index (χ1v) is 6.56. The Hall–Kier alpha value is -0.510. The number of hydrogen-bond acceptors (Lipinski definition) is 4. The van der Waals surface area contributed by atoms with Gasteiger partial charge in [0.15, 0.2) is 0 Å². The molecule has 0 N–H and O–H groups in total. The molecule has 1 fully saturated rings. The van der Waals surface area contributed by atoms with E-state index in [0.717, 1.165) is 12.8 Å². The molecule has 0 heterocycles. The lowest BCUT2D eigenvalue weighted by atomic mass is 10.0. The molecule has 86 valence electrons. The Kier molecular flexibility index (Phi) is 5.76. The number of rotatable bonds is 6. The molecular weight excluding hydrogens is 212 g/mol. The molecule has 4 heteroatoms. The van der Waals surface area contributed by atoms with Gasteiger partial charge >= 0.3 is 5.97 Å². The molecule has 1 aliphatic rings. The molecule has 3 nitrogen and oxygen atoms in total. The van der Waals surface area contributed by atoms with E-state index < -0.39 is 0 Å². The summed E-state index contributed by atoms with van der Waals surface area (Å²) in [4.78, 5) is 22.4. The highest BCUT2D eigenvalue weighted by atomic mass is 32.2. The zero-order valence-corrected chi connectivity index (χ0v) is 9.98. The van der Waals surface area contributed by atoms with Crippen LogP contribution < -0.4 is 0 Å². The molecule has 0 aromatic heterocycles. The maximum absolute atomic E-state index is 11.6. The zero-order chi connectivity index (χ0) is 11.1. The molecule has 0 aromatic rings. The largest absolute Gasteiger partial charge is 0.469 e. The molecule has 0 unspecified atom stereocenters. The molecular formula is C11H18O3S. The molecule has 0 aliphatic heterocycles. The number of carbonyl (C=O) groups is 2. The fourth-order valence-corrected chi connectivity index (χ4v) is 2.69. The lowest BCUT2D eigenvalue weighted by molar-refractivity contribution is -0.140. The smallest absolute Gasteiger partial charge is 0.306 e. The maximum Gasteiger partial charge on any atom is 0.306 e. The first kappa shape index (κ1) is 12.6. The Morgan fingerprint density at radius 2 is 2.00 bits per heavy atom. The minimum Gasteiger partial charge on any atom is -0.469 e. The molecule has 1 saturated carbocycles. The van der Waals surface area contributed by atoms with E-state index in [1.165, 1.54) is 20.0 Å². The van der Waals surface area contributed by atoms with Crippen LogP contribution in [0.2, 0.25) is 0 Å². The normalized spacial score (nSPS) is 16.6. The van der Waals surface area contributed by atoms with Gasteiger partial charge in [0.1, 0.15) is 5.78 Å². The fraction of sp³-hybridized carbons (Fsp3) is 0.818. The standard InChI is InChI=1S/C11H18O3S/c1-14-11(13)6-7-15-8-10(12)9-4-2-3-5-9/h9H,2-8H2,1H3. The first-order chi connectivity index (χ1) is 7.24. The molecule has 0 amide bonds. The van der Waals surface area contributed by atoms with Gasteiger partial charge in [-0.2, -0.15) is 11.8 Å². The van der Waals surface area contributed by atoms with Crippen molar-refractivity contribution in [2.24, 2.45) is 5.92 Å². The van der Waals surface area contributed by atoms with E-state index in [4.69, 9.17) is 0 Å². The highest BCUT2D eigenvalue weighted by Crippen LogP contribution is 2.26. The number of ketones is 1. The summed E-state index contributed by atoms with van der Waals surface area (Å²) in [6.07, 6.45) is 4.93. The summed E-state index contributed by atoms with van der Waals surface area (Å²) < 4.78 is 4.52. The number of thioether (sulfide) groups is 1. The van der Waals surface area contributed by atoms with Gasteiger partial charge in [-0.25, -0.2) is 0 Å². The summed E-state index contributed by atoms with van der Waals surface area (Å²) >= 11 is 1.54. The van der Waals surface area contributed by atoms with Gasteiger partial charge in [-0.15, -0.1) is 0 Å². The lowest BCUT2D eigenvalue weighted by Crippen LogP contribution is -2.13. The van der Waals surface area contributed by atoms with Crippen LogP contribution in [0.15, 0.2) is 0 Å². The molecule has 1 rings (SSSR count). The number of methoxy groups -OCH3 is 1. The van der Waals surface area contributed by atoms with Gasteiger partial charge in [-0.05, 0) is 12.8 Å². The van der Waals surface area contributed by atoms with Crippen molar-refractivity contribution < 1.29 is 14.3 Å². The summed E-state index contributed by atoms with van der Waals surface area (Å²) in [5.41, 5.74) is 0. The molecule has 0 spiro atoms. The Morgan fingerprint density at radius 1 is 1.33 bits per heavy atom. The molecule has 1 aliphatic carbocycles. The molecule has 15 heavy (non-hydrogen) atoms. The lowest BCUT2D eigenvalue weighted by Gasteiger charge is -2.06. The zero-order valence-electron chi connectivity index (χ0n) is 9.16. The Balaban J connectivity index is 2.04. The molecule has 0 radical (unpaired) electrons. The maximum atomic E-state index is 11.6. The Morgan fingerprint density at radius 3 is 2.60 bits per heavy atom. The van der Waals surface area contributed by atoms with Crippen molar-refractivity contribution in [3.05, 3.63) is 0 Å². The summed E-state index contributed by atoms with van der Waals surface area (Å²) in [5.74, 6) is 1.71. The van der Waals surface area contributed by atoms with Crippen molar-refractivity contribution in [2.75, 3.05) is 18.6 Å². The van der Waals surface area contributed by atoms with Crippen LogP contribution in [-0.4, -0.2) is 30.4 Å². The summed E-state index contributed by atoms with van der Waals surface area (Å²) in [7, 11) is 1.39. The van der Waals surface area contributed by atoms with E-state index in [-0.39, 0.29) is 5.97 Å². The first-order valence-electron chi connectivity index (χ1n) is 5.41. The van der Waals surface area contributed by atoms with Gasteiger partial charge in [-0.3, -0.25) is 9.59 Å². The van der Waals surface area contributed by atoms with Crippen LogP contribution in [0, 0.1) is 5.92 Å². The van der Waals surface area contributed by atoms with Crippen molar-refractivity contribution in [2.45, 2.75) is 32.1 Å². The van der Waals surface area contributed by atoms with Crippen LogP contribution in [0.4, 0.5) is 0 Å². The Labute approximate surface area is 94.9 Å². The number of ether oxygens (including phenoxy) is 1. The van der Waals surface area contributed by atoms with E-state index in [1.54, 1.807) is 11.8 Å². The third-order valence-electron chi connectivity index (χ3n) is 2.73. The Bertz CT molecular complexity index is 222. The summed E-state index contributed by atoms with van der Waals surface area (Å²) in [6.45, 7) is 0. The average Bonchev–Trinajstić information content (AvgIpc) is 2.77. The van der Waals surface area contributed by atoms with Gasteiger partial charge in [0.05, 0.1) is 19.3 Å². The number of Topliss-reactive ketones (excluding diaryl/α,β-unsaturated/α-hetero) is 1. The van der Waals surface area contributed by atoms with Gasteiger partial charge < -0.3 is 4.74 Å². The van der Waals surface area contributed by atoms with Gasteiger partial charge in [0.25, 0.3) is 0 Å². The van der Waals surface area contributed by atoms with Crippen LogP contribution in [-0.2, 0) is 14.3 Å². The molecule has 0 bridgehead atoms. The van der Waals surface area contributed by atoms with Crippen molar-refractivity contribution in [3.63, 3.8) is 0 Å². The average molecular weight is 230 g/mol. The van der Waals surface area contributed by atoms with Gasteiger partial charge in [0, 0.05) is 11.7 Å². The van der Waals surface area contributed by atoms with E-state index in [0.29, 0.717) is 29.6 Å². The third-order valence-corrected chi connectivity index (χ3v) is 3.71. The van der Waals surface area contributed by atoms with Gasteiger partial charge in [-0.1, -0.05) is 12.8 Å². The SMILES string of the molecule is COC(=O)CCSCC(=O)C1CCCC1. The topological polar surface area (TPSA) is 43.4 Å². The van der Waals surface area contributed by atoms with E-state index in [1.807, 2.05) is 0 Å². The van der Waals surface area contributed by atoms with Crippen molar-refractivity contribution in [1.29, 1.82) is 0 Å². The minimum absolute atomic E-state index is 0.198. The van der Waals surface area contributed by atoms with Crippen LogP contribution in [0.1, 0.15) is 32.1 Å². The van der Waals surface area contributed by atoms with Crippen molar-refractivity contribution in [1.82, 2.24) is 0 Å². The summed E-state index contributed by atoms with van der Waals surface area (Å²) in [5, 5.41) is 0. The van der Waals surface area contributed by atoms with Crippen LogP contribution in [0.3, 0.4) is 0 Å². The van der Waals surface area contributed by atoms with Crippen molar-refractivity contribution in [3.8, 4) is 0 Å². The predicted molar refractivity (Wildman–Crippen MR) is 60.9 cm³/mol. The molecule has 0 saturated heterocycles. The fourth-order valence-electron chi connectivity index (χ4n) is 1.80. The number of carbonyl (C=O) groups excluding carboxylic acids is 2. The highest BCUT2D eigenvalue weighted by Gasteiger charge is 2.21. The second kappa shape index (κ2) is 6.88. The highest BCUT2D eigenvalue weighted by molar-refractivity contribution is 7.99. The quantitative estimate of drug-likeness (QED) is 0.517. The van der Waals surface area contributed by atoms with E-state index >= 15 is 0 Å².